The SMILES string of the molecule is CC(C)=CCN1CCC(NC2CCN(C)CC2C)CC1. The van der Waals surface area contributed by atoms with E-state index in [0.29, 0.717) is 0 Å². The van der Waals surface area contributed by atoms with E-state index in [0.717, 1.165) is 24.5 Å². The van der Waals surface area contributed by atoms with Crippen molar-refractivity contribution in [2.75, 3.05) is 39.8 Å². The van der Waals surface area contributed by atoms with Crippen molar-refractivity contribution in [3.05, 3.63) is 11.6 Å². The molecule has 2 heterocycles. The number of nitrogens with zero attached hydrogens (tertiary/aromatic N) is 2. The van der Waals surface area contributed by atoms with Gasteiger partial charge < -0.3 is 10.2 Å². The van der Waals surface area contributed by atoms with Crippen LogP contribution in [0.3, 0.4) is 0 Å². The topological polar surface area (TPSA) is 18.5 Å². The predicted octanol–water partition coefficient (Wildman–Crippen LogP) is 2.35. The zero-order valence-corrected chi connectivity index (χ0v) is 13.9. The monoisotopic (exact) mass is 279 g/mol. The van der Waals surface area contributed by atoms with Gasteiger partial charge in [-0.1, -0.05) is 18.6 Å². The van der Waals surface area contributed by atoms with E-state index >= 15 is 0 Å². The van der Waals surface area contributed by atoms with Crippen LogP contribution in [0.15, 0.2) is 11.6 Å². The Balaban J connectivity index is 1.70. The van der Waals surface area contributed by atoms with Gasteiger partial charge >= 0.3 is 0 Å². The summed E-state index contributed by atoms with van der Waals surface area (Å²) in [5.74, 6) is 0.789. The lowest BCUT2D eigenvalue weighted by molar-refractivity contribution is 0.144. The Labute approximate surface area is 125 Å². The second kappa shape index (κ2) is 7.58. The van der Waals surface area contributed by atoms with Crippen LogP contribution in [-0.4, -0.2) is 61.7 Å². The van der Waals surface area contributed by atoms with Gasteiger partial charge in [-0.05, 0) is 65.7 Å². The molecule has 0 amide bonds. The largest absolute Gasteiger partial charge is 0.311 e. The van der Waals surface area contributed by atoms with Gasteiger partial charge in [-0.15, -0.1) is 0 Å². The first-order valence-electron chi connectivity index (χ1n) is 8.35. The summed E-state index contributed by atoms with van der Waals surface area (Å²) in [6.07, 6.45) is 6.30. The first-order chi connectivity index (χ1) is 9.54. The number of hydrogen-bond acceptors (Lipinski definition) is 3. The zero-order chi connectivity index (χ0) is 14.5. The number of rotatable bonds is 4. The highest BCUT2D eigenvalue weighted by atomic mass is 15.2. The van der Waals surface area contributed by atoms with E-state index in [1.807, 2.05) is 0 Å². The van der Waals surface area contributed by atoms with Crippen molar-refractivity contribution < 1.29 is 0 Å². The van der Waals surface area contributed by atoms with Crippen molar-refractivity contribution in [1.82, 2.24) is 15.1 Å². The molecule has 0 aromatic carbocycles. The molecule has 0 spiro atoms. The summed E-state index contributed by atoms with van der Waals surface area (Å²) in [5.41, 5.74) is 1.44. The quantitative estimate of drug-likeness (QED) is 0.797. The smallest absolute Gasteiger partial charge is 0.0165 e. The molecular weight excluding hydrogens is 246 g/mol. The van der Waals surface area contributed by atoms with E-state index in [4.69, 9.17) is 0 Å². The first kappa shape index (κ1) is 16.0. The predicted molar refractivity (Wildman–Crippen MR) is 87.1 cm³/mol. The summed E-state index contributed by atoms with van der Waals surface area (Å²) in [6.45, 7) is 12.9. The van der Waals surface area contributed by atoms with Crippen molar-refractivity contribution in [1.29, 1.82) is 0 Å². The summed E-state index contributed by atoms with van der Waals surface area (Å²) >= 11 is 0. The maximum Gasteiger partial charge on any atom is 0.0165 e. The minimum absolute atomic E-state index is 0.737. The van der Waals surface area contributed by atoms with Gasteiger partial charge in [-0.25, -0.2) is 0 Å². The average molecular weight is 279 g/mol. The van der Waals surface area contributed by atoms with Gasteiger partial charge in [-0.3, -0.25) is 4.90 Å². The van der Waals surface area contributed by atoms with Crippen LogP contribution < -0.4 is 5.32 Å². The minimum atomic E-state index is 0.737. The number of nitrogens with one attached hydrogen (secondary N) is 1. The maximum absolute atomic E-state index is 3.94. The van der Waals surface area contributed by atoms with Crippen LogP contribution in [0.25, 0.3) is 0 Å². The Hall–Kier alpha value is -0.380. The molecule has 0 radical (unpaired) electrons. The molecule has 2 fully saturated rings. The van der Waals surface area contributed by atoms with Gasteiger partial charge in [-0.2, -0.15) is 0 Å². The summed E-state index contributed by atoms with van der Waals surface area (Å²) in [5, 5.41) is 3.94. The summed E-state index contributed by atoms with van der Waals surface area (Å²) < 4.78 is 0. The number of allylic oxidation sites excluding steroid dienone is 1. The normalized spacial score (nSPS) is 30.4. The van der Waals surface area contributed by atoms with E-state index in [1.54, 1.807) is 0 Å². The van der Waals surface area contributed by atoms with Crippen LogP contribution in [-0.2, 0) is 0 Å². The molecule has 2 atom stereocenters. The van der Waals surface area contributed by atoms with Crippen molar-refractivity contribution in [2.45, 2.75) is 52.1 Å². The molecule has 2 rings (SSSR count). The van der Waals surface area contributed by atoms with E-state index in [2.05, 4.69) is 49.0 Å². The summed E-state index contributed by atoms with van der Waals surface area (Å²) in [7, 11) is 2.24. The van der Waals surface area contributed by atoms with Gasteiger partial charge in [0.2, 0.25) is 0 Å². The van der Waals surface area contributed by atoms with Crippen LogP contribution in [0, 0.1) is 5.92 Å². The third kappa shape index (κ3) is 4.87. The van der Waals surface area contributed by atoms with Crippen LogP contribution in [0.2, 0.25) is 0 Å². The molecule has 2 aliphatic heterocycles. The Bertz CT molecular complexity index is 314. The highest BCUT2D eigenvalue weighted by Crippen LogP contribution is 2.19. The Morgan fingerprint density at radius 1 is 1.15 bits per heavy atom. The van der Waals surface area contributed by atoms with Gasteiger partial charge in [0, 0.05) is 25.2 Å². The van der Waals surface area contributed by atoms with Gasteiger partial charge in [0.1, 0.15) is 0 Å². The molecule has 2 saturated heterocycles. The third-order valence-corrected chi connectivity index (χ3v) is 4.90. The lowest BCUT2D eigenvalue weighted by atomic mass is 9.92. The van der Waals surface area contributed by atoms with E-state index in [1.165, 1.54) is 51.0 Å². The molecule has 116 valence electrons. The summed E-state index contributed by atoms with van der Waals surface area (Å²) in [6, 6.07) is 1.48. The maximum atomic E-state index is 3.94. The highest BCUT2D eigenvalue weighted by molar-refractivity contribution is 4.96. The first-order valence-corrected chi connectivity index (χ1v) is 8.35. The lowest BCUT2D eigenvalue weighted by Crippen LogP contribution is -2.52. The van der Waals surface area contributed by atoms with Crippen LogP contribution in [0.1, 0.15) is 40.0 Å². The number of hydrogen-bond donors (Lipinski definition) is 1. The molecule has 0 saturated carbocycles. The molecule has 0 bridgehead atoms. The fraction of sp³-hybridized carbons (Fsp3) is 0.882. The average Bonchev–Trinajstić information content (AvgIpc) is 2.41. The fourth-order valence-corrected chi connectivity index (χ4v) is 3.50. The third-order valence-electron chi connectivity index (χ3n) is 4.90. The van der Waals surface area contributed by atoms with Crippen LogP contribution >= 0.6 is 0 Å². The van der Waals surface area contributed by atoms with Gasteiger partial charge in [0.25, 0.3) is 0 Å². The Morgan fingerprint density at radius 2 is 1.85 bits per heavy atom. The van der Waals surface area contributed by atoms with Crippen LogP contribution in [0.5, 0.6) is 0 Å². The lowest BCUT2D eigenvalue weighted by Gasteiger charge is -2.40. The van der Waals surface area contributed by atoms with Gasteiger partial charge in [0.05, 0.1) is 0 Å². The number of piperidine rings is 2. The standard InChI is InChI=1S/C17H33N3/c1-14(2)5-10-20-11-6-16(7-12-20)18-17-8-9-19(4)13-15(17)3/h5,15-18H,6-13H2,1-4H3. The van der Waals surface area contributed by atoms with Crippen LogP contribution in [0.4, 0.5) is 0 Å². The van der Waals surface area contributed by atoms with Gasteiger partial charge in [0.15, 0.2) is 0 Å². The second-order valence-corrected chi connectivity index (χ2v) is 7.16. The summed E-state index contributed by atoms with van der Waals surface area (Å²) in [4.78, 5) is 5.05. The van der Waals surface area contributed by atoms with E-state index < -0.39 is 0 Å². The molecule has 0 aromatic rings. The minimum Gasteiger partial charge on any atom is -0.311 e. The molecule has 2 unspecified atom stereocenters. The van der Waals surface area contributed by atoms with E-state index in [-0.39, 0.29) is 0 Å². The van der Waals surface area contributed by atoms with Crippen molar-refractivity contribution in [2.24, 2.45) is 5.92 Å². The second-order valence-electron chi connectivity index (χ2n) is 7.16. The molecular formula is C17H33N3. The highest BCUT2D eigenvalue weighted by Gasteiger charge is 2.27. The van der Waals surface area contributed by atoms with Crippen molar-refractivity contribution >= 4 is 0 Å². The fourth-order valence-electron chi connectivity index (χ4n) is 3.50. The molecule has 0 aliphatic carbocycles. The molecule has 1 N–H and O–H groups in total. The van der Waals surface area contributed by atoms with E-state index in [9.17, 15) is 0 Å². The molecule has 20 heavy (non-hydrogen) atoms. The molecule has 3 heteroatoms. The molecule has 2 aliphatic rings. The van der Waals surface area contributed by atoms with Crippen molar-refractivity contribution in [3.8, 4) is 0 Å². The Kier molecular flexibility index (Phi) is 6.06. The van der Waals surface area contributed by atoms with Crippen molar-refractivity contribution in [3.63, 3.8) is 0 Å². The number of likely N-dealkylation sites (tertiary alicyclic amines) is 2. The molecule has 3 nitrogen and oxygen atoms in total. The zero-order valence-electron chi connectivity index (χ0n) is 13.9. The molecule has 0 aromatic heterocycles. The Morgan fingerprint density at radius 3 is 2.45 bits per heavy atom.